The highest BCUT2D eigenvalue weighted by molar-refractivity contribution is 7.12. The minimum atomic E-state index is -0.760. The Labute approximate surface area is 196 Å². The number of thiophene rings is 1. The molecule has 6 nitrogen and oxygen atoms in total. The molecule has 0 bridgehead atoms. The summed E-state index contributed by atoms with van der Waals surface area (Å²) in [4.78, 5) is 17.1. The molecule has 2 fully saturated rings. The highest BCUT2D eigenvalue weighted by atomic mass is 32.1. The molecule has 3 aliphatic rings. The molecule has 3 aromatic rings. The predicted octanol–water partition coefficient (Wildman–Crippen LogP) is 4.76. The molecule has 2 atom stereocenters. The first-order valence-electron chi connectivity index (χ1n) is 11.2. The number of anilines is 1. The number of amides is 1. The summed E-state index contributed by atoms with van der Waals surface area (Å²) in [5.41, 5.74) is 10.4. The van der Waals surface area contributed by atoms with E-state index >= 15 is 0 Å². The Morgan fingerprint density at radius 1 is 1.12 bits per heavy atom. The molecule has 7 heteroatoms. The number of likely N-dealkylation sites (N-methyl/N-ethyl adjacent to an activating group) is 1. The molecule has 1 saturated heterocycles. The van der Waals surface area contributed by atoms with Crippen molar-refractivity contribution in [2.75, 3.05) is 12.8 Å². The number of nitrogens with one attached hydrogen (secondary N) is 2. The van der Waals surface area contributed by atoms with Crippen LogP contribution in [0.2, 0.25) is 0 Å². The first-order chi connectivity index (χ1) is 15.8. The predicted molar refractivity (Wildman–Crippen MR) is 131 cm³/mol. The van der Waals surface area contributed by atoms with E-state index in [0.717, 1.165) is 32.2 Å². The van der Waals surface area contributed by atoms with Crippen molar-refractivity contribution in [3.8, 4) is 16.9 Å². The molecule has 1 aliphatic carbocycles. The van der Waals surface area contributed by atoms with E-state index in [-0.39, 0.29) is 11.9 Å². The molecule has 3 heterocycles. The van der Waals surface area contributed by atoms with Crippen molar-refractivity contribution in [3.63, 3.8) is 0 Å². The van der Waals surface area contributed by atoms with Crippen molar-refractivity contribution < 1.29 is 9.53 Å². The number of hydrogen-bond acceptors (Lipinski definition) is 5. The van der Waals surface area contributed by atoms with Gasteiger partial charge in [0.2, 0.25) is 5.91 Å². The van der Waals surface area contributed by atoms with Gasteiger partial charge in [0.1, 0.15) is 12.4 Å². The number of carbonyl (C=O) groups is 1. The molecule has 0 spiro atoms. The standard InChI is InChI=1S/C26H26N4O2S/c1-26(22-12-19-18-11-17(27)9-10-20(18)32-13-21(19)33-22)23(24(31)30(2)25(28)29-26)16-7-5-15(6-8-16)14-3-4-14/h5-12,14,23H,3-4,13,27H2,1-2H3,(H2,28,29)/t23-,26+/m0/s1. The van der Waals surface area contributed by atoms with Crippen LogP contribution in [0.25, 0.3) is 11.1 Å². The minimum absolute atomic E-state index is 0.0762. The monoisotopic (exact) mass is 458 g/mol. The minimum Gasteiger partial charge on any atom is -0.487 e. The van der Waals surface area contributed by atoms with Gasteiger partial charge < -0.3 is 15.8 Å². The Morgan fingerprint density at radius 2 is 1.85 bits per heavy atom. The third-order valence-corrected chi connectivity index (χ3v) is 8.51. The normalized spacial score (nSPS) is 24.1. The maximum Gasteiger partial charge on any atom is 0.239 e. The molecule has 1 aromatic heterocycles. The van der Waals surface area contributed by atoms with Crippen molar-refractivity contribution in [1.82, 2.24) is 10.2 Å². The largest absolute Gasteiger partial charge is 0.487 e. The summed E-state index contributed by atoms with van der Waals surface area (Å²) in [6, 6.07) is 16.3. The molecule has 0 radical (unpaired) electrons. The summed E-state index contributed by atoms with van der Waals surface area (Å²) < 4.78 is 5.97. The van der Waals surface area contributed by atoms with Crippen LogP contribution in [0, 0.1) is 5.41 Å². The number of benzene rings is 2. The van der Waals surface area contributed by atoms with E-state index in [1.165, 1.54) is 23.3 Å². The van der Waals surface area contributed by atoms with E-state index in [4.69, 9.17) is 15.9 Å². The van der Waals surface area contributed by atoms with Crippen LogP contribution in [0.5, 0.6) is 5.75 Å². The average molecular weight is 459 g/mol. The molecule has 2 aliphatic heterocycles. The lowest BCUT2D eigenvalue weighted by atomic mass is 9.76. The molecular formula is C26H26N4O2S. The van der Waals surface area contributed by atoms with Gasteiger partial charge in [-0.1, -0.05) is 24.3 Å². The zero-order chi connectivity index (χ0) is 22.9. The van der Waals surface area contributed by atoms with Gasteiger partial charge in [0.05, 0.1) is 16.3 Å². The van der Waals surface area contributed by atoms with Crippen molar-refractivity contribution in [1.29, 1.82) is 5.41 Å². The third-order valence-electron chi connectivity index (χ3n) is 7.16. The molecule has 168 valence electrons. The fourth-order valence-corrected chi connectivity index (χ4v) is 6.28. The molecule has 1 saturated carbocycles. The number of guanidine groups is 1. The van der Waals surface area contributed by atoms with Crippen molar-refractivity contribution in [2.24, 2.45) is 0 Å². The summed E-state index contributed by atoms with van der Waals surface area (Å²) in [6.07, 6.45) is 2.49. The molecule has 4 N–H and O–H groups in total. The van der Waals surface area contributed by atoms with Gasteiger partial charge in [-0.25, -0.2) is 0 Å². The van der Waals surface area contributed by atoms with Crippen molar-refractivity contribution >= 4 is 28.9 Å². The quantitative estimate of drug-likeness (QED) is 0.494. The summed E-state index contributed by atoms with van der Waals surface area (Å²) in [5, 5.41) is 11.8. The second kappa shape index (κ2) is 7.09. The smallest absolute Gasteiger partial charge is 0.239 e. The van der Waals surface area contributed by atoms with Crippen molar-refractivity contribution in [3.05, 3.63) is 69.4 Å². The van der Waals surface area contributed by atoms with Crippen LogP contribution in [0.1, 0.15) is 52.5 Å². The SMILES string of the molecule is CN1C(=N)N[C@](C)(c2cc3c(s2)COc2ccc(N)cc2-3)[C@@H](c2ccc(C3CC3)cc2)C1=O. The zero-order valence-electron chi connectivity index (χ0n) is 18.6. The van der Waals surface area contributed by atoms with Gasteiger partial charge in [0.25, 0.3) is 0 Å². The Morgan fingerprint density at radius 3 is 2.58 bits per heavy atom. The van der Waals surface area contributed by atoms with E-state index in [1.54, 1.807) is 18.4 Å². The Balaban J connectivity index is 1.46. The van der Waals surface area contributed by atoms with Gasteiger partial charge in [-0.2, -0.15) is 0 Å². The van der Waals surface area contributed by atoms with Gasteiger partial charge in [0, 0.05) is 28.7 Å². The number of nitrogens with zero attached hydrogens (tertiary/aromatic N) is 1. The number of rotatable bonds is 3. The van der Waals surface area contributed by atoms with Crippen LogP contribution < -0.4 is 15.8 Å². The number of carbonyl (C=O) groups excluding carboxylic acids is 1. The number of ether oxygens (including phenoxy) is 1. The first kappa shape index (κ1) is 20.3. The Kier molecular flexibility index (Phi) is 4.36. The number of nitrogen functional groups attached to an aromatic ring is 1. The van der Waals surface area contributed by atoms with Gasteiger partial charge in [0.15, 0.2) is 5.96 Å². The lowest BCUT2D eigenvalue weighted by Gasteiger charge is -2.45. The van der Waals surface area contributed by atoms with E-state index < -0.39 is 11.5 Å². The molecule has 0 unspecified atom stereocenters. The van der Waals surface area contributed by atoms with E-state index in [0.29, 0.717) is 18.2 Å². The van der Waals surface area contributed by atoms with Gasteiger partial charge in [-0.3, -0.25) is 15.1 Å². The highest BCUT2D eigenvalue weighted by Crippen LogP contribution is 2.49. The second-order valence-corrected chi connectivity index (χ2v) is 10.6. The summed E-state index contributed by atoms with van der Waals surface area (Å²) in [6.45, 7) is 2.52. The Bertz CT molecular complexity index is 1290. The van der Waals surface area contributed by atoms with Crippen LogP contribution in [-0.4, -0.2) is 23.8 Å². The van der Waals surface area contributed by atoms with Gasteiger partial charge in [-0.15, -0.1) is 11.3 Å². The average Bonchev–Trinajstić information content (AvgIpc) is 3.55. The highest BCUT2D eigenvalue weighted by Gasteiger charge is 2.49. The lowest BCUT2D eigenvalue weighted by molar-refractivity contribution is -0.131. The van der Waals surface area contributed by atoms with Crippen molar-refractivity contribution in [2.45, 2.75) is 43.7 Å². The van der Waals surface area contributed by atoms with Crippen LogP contribution >= 0.6 is 11.3 Å². The van der Waals surface area contributed by atoms with E-state index in [9.17, 15) is 4.79 Å². The summed E-state index contributed by atoms with van der Waals surface area (Å²) in [5.74, 6) is 1.07. The zero-order valence-corrected chi connectivity index (χ0v) is 19.5. The molecule has 33 heavy (non-hydrogen) atoms. The van der Waals surface area contributed by atoms with E-state index in [1.807, 2.05) is 25.1 Å². The molecule has 6 rings (SSSR count). The maximum absolute atomic E-state index is 13.6. The number of fused-ring (bicyclic) bond motifs is 3. The summed E-state index contributed by atoms with van der Waals surface area (Å²) in [7, 11) is 1.66. The second-order valence-electron chi connectivity index (χ2n) is 9.44. The molecule has 1 amide bonds. The van der Waals surface area contributed by atoms with Crippen LogP contribution in [-0.2, 0) is 16.9 Å². The lowest BCUT2D eigenvalue weighted by Crippen LogP contribution is -2.62. The Hall–Kier alpha value is -3.32. The number of hydrogen-bond donors (Lipinski definition) is 3. The molecule has 2 aromatic carbocycles. The van der Waals surface area contributed by atoms with Crippen LogP contribution in [0.15, 0.2) is 48.5 Å². The van der Waals surface area contributed by atoms with E-state index in [2.05, 4.69) is 35.6 Å². The first-order valence-corrected chi connectivity index (χ1v) is 12.1. The van der Waals surface area contributed by atoms with Crippen LogP contribution in [0.4, 0.5) is 5.69 Å². The summed E-state index contributed by atoms with van der Waals surface area (Å²) >= 11 is 1.64. The molecular weight excluding hydrogens is 432 g/mol. The maximum atomic E-state index is 13.6. The fraction of sp³-hybridized carbons (Fsp3) is 0.308. The topological polar surface area (TPSA) is 91.4 Å². The third kappa shape index (κ3) is 3.14. The number of nitrogens with two attached hydrogens (primary N) is 1. The van der Waals surface area contributed by atoms with Gasteiger partial charge in [-0.05, 0) is 61.1 Å². The van der Waals surface area contributed by atoms with Gasteiger partial charge >= 0.3 is 0 Å². The fourth-order valence-electron chi connectivity index (χ4n) is 5.06. The van der Waals surface area contributed by atoms with Crippen LogP contribution in [0.3, 0.4) is 0 Å².